The molecular weight excluding hydrogens is 269 g/mol. The van der Waals surface area contributed by atoms with E-state index in [1.807, 2.05) is 13.8 Å². The van der Waals surface area contributed by atoms with Crippen molar-refractivity contribution in [1.82, 2.24) is 5.32 Å². The summed E-state index contributed by atoms with van der Waals surface area (Å²) in [6.45, 7) is 3.94. The van der Waals surface area contributed by atoms with E-state index in [2.05, 4.69) is 5.32 Å². The van der Waals surface area contributed by atoms with E-state index in [0.717, 1.165) is 12.8 Å². The summed E-state index contributed by atoms with van der Waals surface area (Å²) >= 11 is 5.94. The van der Waals surface area contributed by atoms with E-state index in [4.69, 9.17) is 16.3 Å². The van der Waals surface area contributed by atoms with Gasteiger partial charge in [0.25, 0.3) is 5.91 Å². The fourth-order valence-corrected chi connectivity index (χ4v) is 2.21. The zero-order valence-corrected chi connectivity index (χ0v) is 12.2. The molecule has 1 aromatic carbocycles. The van der Waals surface area contributed by atoms with Crippen molar-refractivity contribution in [3.8, 4) is 5.75 Å². The van der Waals surface area contributed by atoms with Gasteiger partial charge in [0.1, 0.15) is 0 Å². The van der Waals surface area contributed by atoms with Crippen molar-refractivity contribution < 1.29 is 13.9 Å². The van der Waals surface area contributed by atoms with Crippen LogP contribution >= 0.6 is 11.6 Å². The number of methoxy groups -OCH3 is 1. The number of benzene rings is 1. The summed E-state index contributed by atoms with van der Waals surface area (Å²) in [7, 11) is 1.36. The molecule has 0 heterocycles. The van der Waals surface area contributed by atoms with Gasteiger partial charge in [0.05, 0.1) is 12.6 Å². The van der Waals surface area contributed by atoms with E-state index in [1.165, 1.54) is 25.3 Å². The molecule has 0 saturated heterocycles. The minimum atomic E-state index is -0.492. The van der Waals surface area contributed by atoms with Crippen molar-refractivity contribution in [2.45, 2.75) is 32.2 Å². The second-order valence-electron chi connectivity index (χ2n) is 4.42. The van der Waals surface area contributed by atoms with Crippen molar-refractivity contribution in [2.24, 2.45) is 0 Å². The van der Waals surface area contributed by atoms with Crippen LogP contribution in [0.25, 0.3) is 0 Å². The first-order chi connectivity index (χ1) is 9.01. The molecule has 1 amide bonds. The third kappa shape index (κ3) is 3.60. The summed E-state index contributed by atoms with van der Waals surface area (Å²) in [4.78, 5) is 12.2. The molecule has 19 heavy (non-hydrogen) atoms. The molecule has 0 spiro atoms. The molecule has 0 aliphatic rings. The fraction of sp³-hybridized carbons (Fsp3) is 0.500. The van der Waals surface area contributed by atoms with Crippen LogP contribution in [0.4, 0.5) is 4.39 Å². The van der Waals surface area contributed by atoms with Gasteiger partial charge >= 0.3 is 0 Å². The number of hydrogen-bond acceptors (Lipinski definition) is 2. The Labute approximate surface area is 118 Å². The number of carbonyl (C=O) groups excluding carboxylic acids is 1. The second-order valence-corrected chi connectivity index (χ2v) is 4.69. The lowest BCUT2D eigenvalue weighted by molar-refractivity contribution is 0.0902. The highest BCUT2D eigenvalue weighted by Crippen LogP contribution is 2.21. The molecule has 106 valence electrons. The molecule has 3 nitrogen and oxygen atoms in total. The first-order valence-corrected chi connectivity index (χ1v) is 6.77. The number of halogens is 2. The van der Waals surface area contributed by atoms with Crippen LogP contribution in [0.5, 0.6) is 5.75 Å². The van der Waals surface area contributed by atoms with Crippen molar-refractivity contribution in [3.63, 3.8) is 0 Å². The standard InChI is InChI=1S/C14H19ClFNO2/c1-4-14(5-2,9-15)17-13(18)10-6-7-11(16)12(8-10)19-3/h6-8H,4-5,9H2,1-3H3,(H,17,18). The van der Waals surface area contributed by atoms with Crippen molar-refractivity contribution >= 4 is 17.5 Å². The maximum atomic E-state index is 13.3. The van der Waals surface area contributed by atoms with Gasteiger partial charge < -0.3 is 10.1 Å². The molecule has 0 atom stereocenters. The predicted molar refractivity (Wildman–Crippen MR) is 74.5 cm³/mol. The Morgan fingerprint density at radius 3 is 2.53 bits per heavy atom. The smallest absolute Gasteiger partial charge is 0.251 e. The van der Waals surface area contributed by atoms with E-state index in [9.17, 15) is 9.18 Å². The molecular formula is C14H19ClFNO2. The number of carbonyl (C=O) groups is 1. The van der Waals surface area contributed by atoms with Crippen LogP contribution in [-0.4, -0.2) is 24.4 Å². The quantitative estimate of drug-likeness (QED) is 0.815. The monoisotopic (exact) mass is 287 g/mol. The number of alkyl halides is 1. The van der Waals surface area contributed by atoms with Crippen molar-refractivity contribution in [3.05, 3.63) is 29.6 Å². The third-order valence-electron chi connectivity index (χ3n) is 3.40. The van der Waals surface area contributed by atoms with Gasteiger partial charge in [0.2, 0.25) is 0 Å². The van der Waals surface area contributed by atoms with Gasteiger partial charge in [0, 0.05) is 11.4 Å². The number of nitrogens with one attached hydrogen (secondary N) is 1. The zero-order chi connectivity index (χ0) is 14.5. The molecule has 0 aromatic heterocycles. The van der Waals surface area contributed by atoms with Gasteiger partial charge in [-0.3, -0.25) is 4.79 Å². The minimum absolute atomic E-state index is 0.0529. The van der Waals surface area contributed by atoms with Crippen molar-refractivity contribution in [2.75, 3.05) is 13.0 Å². The summed E-state index contributed by atoms with van der Waals surface area (Å²) in [5.41, 5.74) is -0.0741. The third-order valence-corrected chi connectivity index (χ3v) is 3.91. The maximum Gasteiger partial charge on any atom is 0.251 e. The van der Waals surface area contributed by atoms with Gasteiger partial charge in [-0.15, -0.1) is 11.6 Å². The SMILES string of the molecule is CCC(CC)(CCl)NC(=O)c1ccc(F)c(OC)c1. The maximum absolute atomic E-state index is 13.3. The van der Waals surface area contributed by atoms with E-state index >= 15 is 0 Å². The molecule has 0 bridgehead atoms. The molecule has 0 aliphatic heterocycles. The molecule has 1 rings (SSSR count). The average Bonchev–Trinajstić information content (AvgIpc) is 2.45. The number of rotatable bonds is 6. The van der Waals surface area contributed by atoms with Crippen LogP contribution in [0, 0.1) is 5.82 Å². The Hall–Kier alpha value is -1.29. The van der Waals surface area contributed by atoms with E-state index in [-0.39, 0.29) is 11.7 Å². The molecule has 0 saturated carbocycles. The lowest BCUT2D eigenvalue weighted by Crippen LogP contribution is -2.49. The number of hydrogen-bond donors (Lipinski definition) is 1. The molecule has 0 aliphatic carbocycles. The molecule has 5 heteroatoms. The molecule has 0 fully saturated rings. The Bertz CT molecular complexity index is 439. The Morgan fingerprint density at radius 2 is 2.05 bits per heavy atom. The number of ether oxygens (including phenoxy) is 1. The van der Waals surface area contributed by atoms with Crippen LogP contribution in [0.1, 0.15) is 37.0 Å². The van der Waals surface area contributed by atoms with E-state index < -0.39 is 11.4 Å². The lowest BCUT2D eigenvalue weighted by Gasteiger charge is -2.30. The van der Waals surface area contributed by atoms with Gasteiger partial charge in [0.15, 0.2) is 11.6 Å². The highest BCUT2D eigenvalue weighted by molar-refractivity contribution is 6.19. The molecule has 0 radical (unpaired) electrons. The first-order valence-electron chi connectivity index (χ1n) is 6.24. The van der Waals surface area contributed by atoms with Gasteiger partial charge in [-0.25, -0.2) is 4.39 Å². The van der Waals surface area contributed by atoms with E-state index in [1.54, 1.807) is 0 Å². The van der Waals surface area contributed by atoms with Gasteiger partial charge in [-0.2, -0.15) is 0 Å². The summed E-state index contributed by atoms with van der Waals surface area (Å²) < 4.78 is 18.2. The van der Waals surface area contributed by atoms with Crippen LogP contribution in [0.2, 0.25) is 0 Å². The van der Waals surface area contributed by atoms with Crippen LogP contribution in [0.3, 0.4) is 0 Å². The van der Waals surface area contributed by atoms with Crippen LogP contribution in [0.15, 0.2) is 18.2 Å². The van der Waals surface area contributed by atoms with Crippen LogP contribution in [-0.2, 0) is 0 Å². The summed E-state index contributed by atoms with van der Waals surface area (Å²) in [6, 6.07) is 4.03. The largest absolute Gasteiger partial charge is 0.494 e. The predicted octanol–water partition coefficient (Wildman–Crippen LogP) is 3.36. The lowest BCUT2D eigenvalue weighted by atomic mass is 9.94. The highest BCUT2D eigenvalue weighted by Gasteiger charge is 2.27. The Balaban J connectivity index is 2.94. The van der Waals surface area contributed by atoms with Gasteiger partial charge in [-0.05, 0) is 31.0 Å². The molecule has 0 unspecified atom stereocenters. The Kier molecular flexibility index (Phi) is 5.60. The highest BCUT2D eigenvalue weighted by atomic mass is 35.5. The summed E-state index contributed by atoms with van der Waals surface area (Å²) in [6.07, 6.45) is 1.47. The second kappa shape index (κ2) is 6.75. The molecule has 1 N–H and O–H groups in total. The van der Waals surface area contributed by atoms with E-state index in [0.29, 0.717) is 11.4 Å². The van der Waals surface area contributed by atoms with Gasteiger partial charge in [-0.1, -0.05) is 13.8 Å². The molecule has 1 aromatic rings. The normalized spacial score (nSPS) is 11.2. The first kappa shape index (κ1) is 15.8. The van der Waals surface area contributed by atoms with Crippen molar-refractivity contribution in [1.29, 1.82) is 0 Å². The van der Waals surface area contributed by atoms with Crippen LogP contribution < -0.4 is 10.1 Å². The average molecular weight is 288 g/mol. The zero-order valence-electron chi connectivity index (χ0n) is 11.4. The number of amides is 1. The minimum Gasteiger partial charge on any atom is -0.494 e. The Morgan fingerprint density at radius 1 is 1.42 bits per heavy atom. The summed E-state index contributed by atoms with van der Waals surface area (Å²) in [5.74, 6) is -0.377. The topological polar surface area (TPSA) is 38.3 Å². The summed E-state index contributed by atoms with van der Waals surface area (Å²) in [5, 5.41) is 2.92. The fourth-order valence-electron chi connectivity index (χ4n) is 1.76.